The lowest BCUT2D eigenvalue weighted by Crippen LogP contribution is -1.80. The van der Waals surface area contributed by atoms with Gasteiger partial charge in [0.05, 0.1) is 6.20 Å². The van der Waals surface area contributed by atoms with Crippen LogP contribution in [0.25, 0.3) is 21.5 Å². The Labute approximate surface area is 81.2 Å². The van der Waals surface area contributed by atoms with Crippen molar-refractivity contribution in [2.24, 2.45) is 0 Å². The van der Waals surface area contributed by atoms with E-state index in [1.807, 2.05) is 24.5 Å². The van der Waals surface area contributed by atoms with E-state index in [1.165, 1.54) is 5.39 Å². The van der Waals surface area contributed by atoms with E-state index < -0.39 is 0 Å². The van der Waals surface area contributed by atoms with Crippen LogP contribution >= 0.6 is 0 Å². The molecule has 0 bridgehead atoms. The molecule has 0 aliphatic rings. The minimum atomic E-state index is 1.13. The fourth-order valence-electron chi connectivity index (χ4n) is 1.68. The molecule has 0 aliphatic carbocycles. The van der Waals surface area contributed by atoms with E-state index in [0.717, 1.165) is 16.2 Å². The van der Waals surface area contributed by atoms with E-state index in [0.29, 0.717) is 0 Å². The van der Waals surface area contributed by atoms with E-state index in [1.54, 1.807) is 6.20 Å². The maximum atomic E-state index is 4.13. The van der Waals surface area contributed by atoms with Crippen molar-refractivity contribution in [1.82, 2.24) is 9.97 Å². The molecular formula is C12H7N2. The molecule has 2 heterocycles. The van der Waals surface area contributed by atoms with Crippen LogP contribution in [0.15, 0.2) is 42.9 Å². The number of benzene rings is 1. The molecule has 65 valence electrons. The molecule has 2 heteroatoms. The topological polar surface area (TPSA) is 25.8 Å². The molecule has 14 heavy (non-hydrogen) atoms. The van der Waals surface area contributed by atoms with E-state index in [9.17, 15) is 0 Å². The number of fused-ring (bicyclic) bond motifs is 3. The minimum Gasteiger partial charge on any atom is -0.264 e. The second kappa shape index (κ2) is 2.77. The molecule has 0 N–H and O–H groups in total. The zero-order chi connectivity index (χ0) is 9.38. The molecule has 3 aromatic rings. The van der Waals surface area contributed by atoms with Gasteiger partial charge in [-0.15, -0.1) is 0 Å². The van der Waals surface area contributed by atoms with Gasteiger partial charge in [0.2, 0.25) is 0 Å². The Kier molecular flexibility index (Phi) is 1.47. The number of nitrogens with zero attached hydrogens (tertiary/aromatic N) is 2. The third-order valence-electron chi connectivity index (χ3n) is 2.39. The number of hydrogen-bond acceptors (Lipinski definition) is 2. The smallest absolute Gasteiger partial charge is 0.0892 e. The quantitative estimate of drug-likeness (QED) is 0.496. The van der Waals surface area contributed by atoms with Crippen molar-refractivity contribution in [3.05, 3.63) is 49.1 Å². The third kappa shape index (κ3) is 0.973. The lowest BCUT2D eigenvalue weighted by molar-refractivity contribution is 1.34. The first-order chi connectivity index (χ1) is 6.95. The molecule has 1 aromatic carbocycles. The summed E-state index contributed by atoms with van der Waals surface area (Å²) in [6.45, 7) is 0. The Morgan fingerprint density at radius 1 is 0.929 bits per heavy atom. The highest BCUT2D eigenvalue weighted by atomic mass is 14.6. The molecule has 1 radical (unpaired) electrons. The molecule has 0 aliphatic heterocycles. The Morgan fingerprint density at radius 2 is 1.79 bits per heavy atom. The fraction of sp³-hybridized carbons (Fsp3) is 0. The average molecular weight is 179 g/mol. The second-order valence-electron chi connectivity index (χ2n) is 3.20. The van der Waals surface area contributed by atoms with Crippen LogP contribution in [0.5, 0.6) is 0 Å². The van der Waals surface area contributed by atoms with Crippen molar-refractivity contribution in [2.75, 3.05) is 0 Å². The molecule has 0 saturated heterocycles. The SMILES string of the molecule is [c]1cc2ccc3ccncc3c2cn1. The van der Waals surface area contributed by atoms with Gasteiger partial charge in [-0.25, -0.2) is 0 Å². The van der Waals surface area contributed by atoms with Crippen LogP contribution in [0, 0.1) is 6.20 Å². The van der Waals surface area contributed by atoms with Crippen LogP contribution in [0.2, 0.25) is 0 Å². The lowest BCUT2D eigenvalue weighted by atomic mass is 10.1. The van der Waals surface area contributed by atoms with Crippen molar-refractivity contribution in [2.45, 2.75) is 0 Å². The molecular weight excluding hydrogens is 172 g/mol. The van der Waals surface area contributed by atoms with Gasteiger partial charge >= 0.3 is 0 Å². The zero-order valence-corrected chi connectivity index (χ0v) is 7.44. The average Bonchev–Trinajstić information content (AvgIpc) is 2.29. The Morgan fingerprint density at radius 3 is 2.79 bits per heavy atom. The van der Waals surface area contributed by atoms with E-state index in [-0.39, 0.29) is 0 Å². The van der Waals surface area contributed by atoms with Crippen LogP contribution in [0.1, 0.15) is 0 Å². The molecule has 2 aromatic heterocycles. The fourth-order valence-corrected chi connectivity index (χ4v) is 1.68. The van der Waals surface area contributed by atoms with Gasteiger partial charge in [-0.1, -0.05) is 12.1 Å². The number of rotatable bonds is 0. The van der Waals surface area contributed by atoms with Gasteiger partial charge in [-0.2, -0.15) is 0 Å². The van der Waals surface area contributed by atoms with Gasteiger partial charge in [-0.05, 0) is 22.9 Å². The summed E-state index contributed by atoms with van der Waals surface area (Å²) in [6.07, 6.45) is 8.34. The highest BCUT2D eigenvalue weighted by molar-refractivity contribution is 6.06. The summed E-state index contributed by atoms with van der Waals surface area (Å²) in [5.41, 5.74) is 0. The lowest BCUT2D eigenvalue weighted by Gasteiger charge is -2.00. The molecule has 3 rings (SSSR count). The van der Waals surface area contributed by atoms with Crippen LogP contribution < -0.4 is 0 Å². The van der Waals surface area contributed by atoms with Crippen molar-refractivity contribution in [3.63, 3.8) is 0 Å². The first kappa shape index (κ1) is 7.44. The van der Waals surface area contributed by atoms with Crippen molar-refractivity contribution < 1.29 is 0 Å². The van der Waals surface area contributed by atoms with Crippen LogP contribution in [-0.4, -0.2) is 9.97 Å². The monoisotopic (exact) mass is 179 g/mol. The van der Waals surface area contributed by atoms with E-state index >= 15 is 0 Å². The molecule has 2 nitrogen and oxygen atoms in total. The summed E-state index contributed by atoms with van der Waals surface area (Å²) < 4.78 is 0. The second-order valence-corrected chi connectivity index (χ2v) is 3.20. The van der Waals surface area contributed by atoms with Crippen molar-refractivity contribution >= 4 is 21.5 Å². The van der Waals surface area contributed by atoms with Gasteiger partial charge in [0.1, 0.15) is 0 Å². The Hall–Kier alpha value is -1.96. The van der Waals surface area contributed by atoms with Crippen molar-refractivity contribution in [3.8, 4) is 0 Å². The standard InChI is InChI=1S/C12H7N2/c1-2-10-4-6-14-8-12(10)11-7-13-5-3-9(1)11/h1-5,7-8H. The van der Waals surface area contributed by atoms with Crippen LogP contribution in [-0.2, 0) is 0 Å². The Bertz CT molecular complexity index is 547. The summed E-state index contributed by atoms with van der Waals surface area (Å²) >= 11 is 0. The Balaban J connectivity index is 2.61. The zero-order valence-electron chi connectivity index (χ0n) is 7.44. The highest BCUT2D eigenvalue weighted by Gasteiger charge is 1.98. The van der Waals surface area contributed by atoms with Crippen LogP contribution in [0.3, 0.4) is 0 Å². The first-order valence-electron chi connectivity index (χ1n) is 4.44. The first-order valence-corrected chi connectivity index (χ1v) is 4.44. The predicted molar refractivity (Wildman–Crippen MR) is 55.9 cm³/mol. The van der Waals surface area contributed by atoms with Gasteiger partial charge in [-0.3, -0.25) is 9.97 Å². The predicted octanol–water partition coefficient (Wildman–Crippen LogP) is 2.58. The number of hydrogen-bond donors (Lipinski definition) is 0. The highest BCUT2D eigenvalue weighted by Crippen LogP contribution is 2.22. The van der Waals surface area contributed by atoms with Crippen LogP contribution in [0.4, 0.5) is 0 Å². The largest absolute Gasteiger partial charge is 0.264 e. The van der Waals surface area contributed by atoms with E-state index in [2.05, 4.69) is 28.3 Å². The maximum Gasteiger partial charge on any atom is 0.0892 e. The minimum absolute atomic E-state index is 1.13. The van der Waals surface area contributed by atoms with Gasteiger partial charge in [0.15, 0.2) is 0 Å². The summed E-state index contributed by atoms with van der Waals surface area (Å²) in [5, 5.41) is 4.63. The summed E-state index contributed by atoms with van der Waals surface area (Å²) in [7, 11) is 0. The molecule has 0 amide bonds. The maximum absolute atomic E-state index is 4.13. The molecule has 0 atom stereocenters. The molecule has 0 fully saturated rings. The van der Waals surface area contributed by atoms with Gasteiger partial charge in [0, 0.05) is 29.4 Å². The number of pyridine rings is 2. The van der Waals surface area contributed by atoms with Gasteiger partial charge in [0.25, 0.3) is 0 Å². The van der Waals surface area contributed by atoms with Gasteiger partial charge < -0.3 is 0 Å². The van der Waals surface area contributed by atoms with Crippen molar-refractivity contribution in [1.29, 1.82) is 0 Å². The summed E-state index contributed by atoms with van der Waals surface area (Å²) in [5.74, 6) is 0. The van der Waals surface area contributed by atoms with E-state index in [4.69, 9.17) is 0 Å². The molecule has 0 spiro atoms. The third-order valence-corrected chi connectivity index (χ3v) is 2.39. The summed E-state index contributed by atoms with van der Waals surface area (Å²) in [6, 6.07) is 8.07. The molecule has 0 unspecified atom stereocenters. The normalized spacial score (nSPS) is 10.9. The number of aromatic nitrogens is 2. The summed E-state index contributed by atoms with van der Waals surface area (Å²) in [4.78, 5) is 8.14. The molecule has 0 saturated carbocycles.